The number of H-pyrrole nitrogens is 1. The third kappa shape index (κ3) is 3.94. The Morgan fingerprint density at radius 1 is 1.09 bits per heavy atom. The van der Waals surface area contributed by atoms with Crippen LogP contribution >= 0.6 is 11.3 Å². The summed E-state index contributed by atoms with van der Waals surface area (Å²) in [6.45, 7) is 3.89. The highest BCUT2D eigenvalue weighted by molar-refractivity contribution is 7.07. The zero-order valence-corrected chi connectivity index (χ0v) is 13.9. The number of thiophene rings is 1. The highest BCUT2D eigenvalue weighted by Crippen LogP contribution is 2.14. The molecule has 3 rings (SSSR count). The molecular weight excluding hydrogens is 292 g/mol. The fourth-order valence-corrected chi connectivity index (χ4v) is 3.15. The number of fused-ring (bicyclic) bond motifs is 1. The molecule has 0 radical (unpaired) electrons. The second-order valence-corrected chi connectivity index (χ2v) is 6.63. The van der Waals surface area contributed by atoms with Gasteiger partial charge in [-0.25, -0.2) is 4.98 Å². The Bertz CT molecular complexity index is 669. The van der Waals surface area contributed by atoms with Crippen molar-refractivity contribution in [2.75, 3.05) is 27.2 Å². The number of aromatic nitrogens is 2. The van der Waals surface area contributed by atoms with Gasteiger partial charge in [-0.05, 0) is 48.6 Å². The van der Waals surface area contributed by atoms with Gasteiger partial charge in [0.1, 0.15) is 5.82 Å². The third-order valence-corrected chi connectivity index (χ3v) is 4.39. The summed E-state index contributed by atoms with van der Waals surface area (Å²) in [5.41, 5.74) is 3.53. The topological polar surface area (TPSA) is 35.2 Å². The van der Waals surface area contributed by atoms with E-state index in [1.165, 1.54) is 5.56 Å². The monoisotopic (exact) mass is 314 g/mol. The van der Waals surface area contributed by atoms with Gasteiger partial charge >= 0.3 is 0 Å². The number of rotatable bonds is 7. The number of likely N-dealkylation sites (N-methyl/N-ethyl adjacent to an activating group) is 1. The van der Waals surface area contributed by atoms with Crippen molar-refractivity contribution < 1.29 is 0 Å². The summed E-state index contributed by atoms with van der Waals surface area (Å²) in [7, 11) is 4.23. The number of imidazole rings is 1. The fraction of sp³-hybridized carbons (Fsp3) is 0.353. The first-order chi connectivity index (χ1) is 10.7. The van der Waals surface area contributed by atoms with Gasteiger partial charge in [0.05, 0.1) is 17.6 Å². The van der Waals surface area contributed by atoms with Crippen LogP contribution in [0.25, 0.3) is 11.0 Å². The Kier molecular flexibility index (Phi) is 4.87. The van der Waals surface area contributed by atoms with Crippen LogP contribution in [0.2, 0.25) is 0 Å². The predicted molar refractivity (Wildman–Crippen MR) is 93.1 cm³/mol. The zero-order valence-electron chi connectivity index (χ0n) is 13.1. The molecule has 22 heavy (non-hydrogen) atoms. The van der Waals surface area contributed by atoms with E-state index in [9.17, 15) is 0 Å². The van der Waals surface area contributed by atoms with Crippen molar-refractivity contribution in [3.05, 3.63) is 52.5 Å². The standard InChI is InChI=1S/C17H22N4S/c1-20(2)8-9-21(11-14-7-10-22-13-14)12-17-18-15-5-3-4-6-16(15)19-17/h3-7,10,13H,8-9,11-12H2,1-2H3,(H,18,19). The smallest absolute Gasteiger partial charge is 0.121 e. The second kappa shape index (κ2) is 7.05. The van der Waals surface area contributed by atoms with Gasteiger partial charge in [0.15, 0.2) is 0 Å². The number of nitrogens with zero attached hydrogens (tertiary/aromatic N) is 3. The van der Waals surface area contributed by atoms with E-state index < -0.39 is 0 Å². The van der Waals surface area contributed by atoms with Gasteiger partial charge in [0, 0.05) is 19.6 Å². The van der Waals surface area contributed by atoms with E-state index in [4.69, 9.17) is 4.98 Å². The van der Waals surface area contributed by atoms with Crippen LogP contribution in [0.15, 0.2) is 41.1 Å². The first kappa shape index (κ1) is 15.2. The van der Waals surface area contributed by atoms with E-state index >= 15 is 0 Å². The Hall–Kier alpha value is -1.69. The molecule has 3 aromatic rings. The molecule has 1 N–H and O–H groups in total. The molecule has 0 saturated carbocycles. The van der Waals surface area contributed by atoms with Gasteiger partial charge in [0.2, 0.25) is 0 Å². The van der Waals surface area contributed by atoms with Crippen molar-refractivity contribution >= 4 is 22.4 Å². The van der Waals surface area contributed by atoms with Crippen LogP contribution in [0.5, 0.6) is 0 Å². The van der Waals surface area contributed by atoms with Gasteiger partial charge < -0.3 is 9.88 Å². The summed E-state index contributed by atoms with van der Waals surface area (Å²) in [5, 5.41) is 4.36. The zero-order chi connectivity index (χ0) is 15.4. The Morgan fingerprint density at radius 3 is 2.68 bits per heavy atom. The van der Waals surface area contributed by atoms with Crippen molar-refractivity contribution in [3.8, 4) is 0 Å². The van der Waals surface area contributed by atoms with Crippen LogP contribution in [0.1, 0.15) is 11.4 Å². The molecule has 0 saturated heterocycles. The van der Waals surface area contributed by atoms with Crippen molar-refractivity contribution in [1.29, 1.82) is 0 Å². The summed E-state index contributed by atoms with van der Waals surface area (Å²) in [6.07, 6.45) is 0. The van der Waals surface area contributed by atoms with Crippen molar-refractivity contribution in [3.63, 3.8) is 0 Å². The minimum Gasteiger partial charge on any atom is -0.341 e. The molecule has 4 nitrogen and oxygen atoms in total. The van der Waals surface area contributed by atoms with E-state index in [0.29, 0.717) is 0 Å². The third-order valence-electron chi connectivity index (χ3n) is 3.66. The quantitative estimate of drug-likeness (QED) is 0.727. The molecule has 0 aliphatic rings. The molecule has 0 amide bonds. The minimum absolute atomic E-state index is 0.846. The molecule has 2 heterocycles. The fourth-order valence-electron chi connectivity index (χ4n) is 2.49. The number of para-hydroxylation sites is 2. The number of aromatic amines is 1. The lowest BCUT2D eigenvalue weighted by Crippen LogP contribution is -2.31. The Morgan fingerprint density at radius 2 is 1.95 bits per heavy atom. The largest absolute Gasteiger partial charge is 0.341 e. The normalized spacial score (nSPS) is 11.8. The summed E-state index contributed by atoms with van der Waals surface area (Å²) in [6, 6.07) is 10.4. The van der Waals surface area contributed by atoms with Crippen LogP contribution in [-0.2, 0) is 13.1 Å². The molecule has 116 valence electrons. The van der Waals surface area contributed by atoms with Gasteiger partial charge in [0.25, 0.3) is 0 Å². The number of hydrogen-bond acceptors (Lipinski definition) is 4. The van der Waals surface area contributed by atoms with Crippen LogP contribution in [-0.4, -0.2) is 47.0 Å². The van der Waals surface area contributed by atoms with Gasteiger partial charge in [-0.2, -0.15) is 11.3 Å². The van der Waals surface area contributed by atoms with E-state index in [1.807, 2.05) is 12.1 Å². The molecule has 0 bridgehead atoms. The number of hydrogen-bond donors (Lipinski definition) is 1. The summed E-state index contributed by atoms with van der Waals surface area (Å²) in [5.74, 6) is 1.04. The molecule has 0 aliphatic carbocycles. The Labute approximate surface area is 135 Å². The van der Waals surface area contributed by atoms with Crippen LogP contribution in [0.3, 0.4) is 0 Å². The van der Waals surface area contributed by atoms with Crippen molar-refractivity contribution in [2.24, 2.45) is 0 Å². The van der Waals surface area contributed by atoms with Gasteiger partial charge in [-0.3, -0.25) is 4.90 Å². The highest BCUT2D eigenvalue weighted by atomic mass is 32.1. The van der Waals surface area contributed by atoms with Crippen molar-refractivity contribution in [2.45, 2.75) is 13.1 Å². The summed E-state index contributed by atoms with van der Waals surface area (Å²) >= 11 is 1.76. The predicted octanol–water partition coefficient (Wildman–Crippen LogP) is 3.19. The second-order valence-electron chi connectivity index (χ2n) is 5.85. The first-order valence-corrected chi connectivity index (χ1v) is 8.47. The molecule has 0 atom stereocenters. The molecule has 2 aromatic heterocycles. The first-order valence-electron chi connectivity index (χ1n) is 7.52. The molecule has 0 spiro atoms. The summed E-state index contributed by atoms with van der Waals surface area (Å²) < 4.78 is 0. The molecular formula is C17H22N4S. The van der Waals surface area contributed by atoms with Gasteiger partial charge in [-0.1, -0.05) is 12.1 Å². The average molecular weight is 314 g/mol. The molecule has 0 unspecified atom stereocenters. The molecule has 1 aromatic carbocycles. The van der Waals surface area contributed by atoms with Crippen LogP contribution in [0, 0.1) is 0 Å². The average Bonchev–Trinajstić information content (AvgIpc) is 3.13. The lowest BCUT2D eigenvalue weighted by Gasteiger charge is -2.22. The maximum absolute atomic E-state index is 4.70. The summed E-state index contributed by atoms with van der Waals surface area (Å²) in [4.78, 5) is 12.8. The highest BCUT2D eigenvalue weighted by Gasteiger charge is 2.11. The SMILES string of the molecule is CN(C)CCN(Cc1ccsc1)Cc1nc2ccccc2[nH]1. The van der Waals surface area contributed by atoms with E-state index in [1.54, 1.807) is 11.3 Å². The van der Waals surface area contributed by atoms with Crippen molar-refractivity contribution in [1.82, 2.24) is 19.8 Å². The van der Waals surface area contributed by atoms with E-state index in [0.717, 1.165) is 43.0 Å². The molecule has 0 fully saturated rings. The van der Waals surface area contributed by atoms with E-state index in [2.05, 4.69) is 57.8 Å². The van der Waals surface area contributed by atoms with Crippen LogP contribution < -0.4 is 0 Å². The maximum atomic E-state index is 4.70. The maximum Gasteiger partial charge on any atom is 0.121 e. The Balaban J connectivity index is 1.72. The molecule has 0 aliphatic heterocycles. The molecule has 5 heteroatoms. The minimum atomic E-state index is 0.846. The van der Waals surface area contributed by atoms with E-state index in [-0.39, 0.29) is 0 Å². The lowest BCUT2D eigenvalue weighted by atomic mass is 10.3. The lowest BCUT2D eigenvalue weighted by molar-refractivity contribution is 0.222. The van der Waals surface area contributed by atoms with Crippen LogP contribution in [0.4, 0.5) is 0 Å². The number of benzene rings is 1. The van der Waals surface area contributed by atoms with Gasteiger partial charge in [-0.15, -0.1) is 0 Å². The number of nitrogens with one attached hydrogen (secondary N) is 1.